The van der Waals surface area contributed by atoms with Crippen LogP contribution in [0, 0.1) is 5.82 Å². The standard InChI is InChI=1S/C15H15FN4O/c16-12-5-1-10(2-6-12)11-3-7-13(8-4-11)18-15(21)14-9-17-20-19-14/h1-3,5-6,9,13H,4,7-8H2,(H,18,21)(H,17,19,20)/t13-/m1/s1. The number of rotatable bonds is 3. The van der Waals surface area contributed by atoms with E-state index in [9.17, 15) is 9.18 Å². The Hall–Kier alpha value is -2.50. The third-order valence-electron chi connectivity index (χ3n) is 3.61. The van der Waals surface area contributed by atoms with Gasteiger partial charge < -0.3 is 5.32 Å². The first kappa shape index (κ1) is 13.5. The first-order valence-electron chi connectivity index (χ1n) is 6.84. The molecule has 1 amide bonds. The van der Waals surface area contributed by atoms with Crippen molar-refractivity contribution in [2.75, 3.05) is 0 Å². The smallest absolute Gasteiger partial charge is 0.273 e. The van der Waals surface area contributed by atoms with Gasteiger partial charge in [-0.25, -0.2) is 4.39 Å². The minimum atomic E-state index is -0.229. The van der Waals surface area contributed by atoms with Gasteiger partial charge in [-0.15, -0.1) is 0 Å². The van der Waals surface area contributed by atoms with Crippen LogP contribution in [0.5, 0.6) is 0 Å². The first-order chi connectivity index (χ1) is 10.2. The van der Waals surface area contributed by atoms with Crippen molar-refractivity contribution in [2.24, 2.45) is 0 Å². The summed E-state index contributed by atoms with van der Waals surface area (Å²) in [5.74, 6) is -0.444. The molecule has 0 spiro atoms. The molecule has 1 aromatic heterocycles. The molecule has 2 aromatic rings. The summed E-state index contributed by atoms with van der Waals surface area (Å²) >= 11 is 0. The number of allylic oxidation sites excluding steroid dienone is 1. The van der Waals surface area contributed by atoms with Crippen LogP contribution in [0.1, 0.15) is 35.3 Å². The number of carbonyl (C=O) groups excluding carboxylic acids is 1. The summed E-state index contributed by atoms with van der Waals surface area (Å²) in [6.07, 6.45) is 5.97. The Morgan fingerprint density at radius 2 is 2.14 bits per heavy atom. The fourth-order valence-corrected chi connectivity index (χ4v) is 2.46. The number of carbonyl (C=O) groups is 1. The predicted molar refractivity (Wildman–Crippen MR) is 75.9 cm³/mol. The molecule has 0 fully saturated rings. The van der Waals surface area contributed by atoms with E-state index >= 15 is 0 Å². The molecule has 2 N–H and O–H groups in total. The quantitative estimate of drug-likeness (QED) is 0.909. The van der Waals surface area contributed by atoms with Crippen LogP contribution >= 0.6 is 0 Å². The average Bonchev–Trinajstić information content (AvgIpc) is 3.03. The van der Waals surface area contributed by atoms with Crippen molar-refractivity contribution in [2.45, 2.75) is 25.3 Å². The largest absolute Gasteiger partial charge is 0.348 e. The van der Waals surface area contributed by atoms with Gasteiger partial charge in [0.05, 0.1) is 6.20 Å². The summed E-state index contributed by atoms with van der Waals surface area (Å²) in [6, 6.07) is 6.60. The van der Waals surface area contributed by atoms with E-state index in [2.05, 4.69) is 26.8 Å². The number of hydrogen-bond donors (Lipinski definition) is 2. The Bertz CT molecular complexity index is 649. The summed E-state index contributed by atoms with van der Waals surface area (Å²) < 4.78 is 12.9. The topological polar surface area (TPSA) is 70.7 Å². The molecule has 0 saturated carbocycles. The molecule has 0 bridgehead atoms. The van der Waals surface area contributed by atoms with Crippen molar-refractivity contribution in [1.82, 2.24) is 20.7 Å². The van der Waals surface area contributed by atoms with Gasteiger partial charge in [-0.1, -0.05) is 18.2 Å². The number of H-pyrrole nitrogens is 1. The van der Waals surface area contributed by atoms with E-state index in [1.54, 1.807) is 12.1 Å². The molecule has 1 aliphatic rings. The second kappa shape index (κ2) is 5.87. The van der Waals surface area contributed by atoms with Crippen LogP contribution in [-0.2, 0) is 0 Å². The molecular formula is C15H15FN4O. The van der Waals surface area contributed by atoms with Gasteiger partial charge in [-0.05, 0) is 42.5 Å². The third kappa shape index (κ3) is 3.16. The van der Waals surface area contributed by atoms with Crippen LogP contribution in [0.2, 0.25) is 0 Å². The zero-order valence-corrected chi connectivity index (χ0v) is 11.3. The number of aromatic nitrogens is 3. The molecule has 1 heterocycles. The fourth-order valence-electron chi connectivity index (χ4n) is 2.46. The molecule has 1 aliphatic carbocycles. The molecule has 0 aliphatic heterocycles. The Morgan fingerprint density at radius 1 is 1.33 bits per heavy atom. The lowest BCUT2D eigenvalue weighted by atomic mass is 9.90. The molecule has 1 aromatic carbocycles. The lowest BCUT2D eigenvalue weighted by Gasteiger charge is -2.22. The average molecular weight is 286 g/mol. The third-order valence-corrected chi connectivity index (χ3v) is 3.61. The van der Waals surface area contributed by atoms with E-state index in [1.165, 1.54) is 23.9 Å². The number of aromatic amines is 1. The highest BCUT2D eigenvalue weighted by molar-refractivity contribution is 5.92. The van der Waals surface area contributed by atoms with Gasteiger partial charge in [0.15, 0.2) is 5.69 Å². The predicted octanol–water partition coefficient (Wildman–Crippen LogP) is 2.31. The minimum absolute atomic E-state index is 0.0957. The number of benzene rings is 1. The number of amides is 1. The van der Waals surface area contributed by atoms with E-state index in [0.717, 1.165) is 24.8 Å². The van der Waals surface area contributed by atoms with E-state index in [4.69, 9.17) is 0 Å². The zero-order chi connectivity index (χ0) is 14.7. The maximum atomic E-state index is 12.9. The molecule has 3 rings (SSSR count). The molecule has 5 nitrogen and oxygen atoms in total. The van der Waals surface area contributed by atoms with Crippen molar-refractivity contribution >= 4 is 11.5 Å². The van der Waals surface area contributed by atoms with Crippen LogP contribution in [0.25, 0.3) is 5.57 Å². The fraction of sp³-hybridized carbons (Fsp3) is 0.267. The van der Waals surface area contributed by atoms with Crippen LogP contribution in [-0.4, -0.2) is 27.4 Å². The SMILES string of the molecule is O=C(N[C@@H]1CC=C(c2ccc(F)cc2)CC1)c1cn[nH]n1. The van der Waals surface area contributed by atoms with Crippen molar-refractivity contribution in [1.29, 1.82) is 0 Å². The number of nitrogens with zero attached hydrogens (tertiary/aromatic N) is 2. The molecule has 0 unspecified atom stereocenters. The molecule has 1 atom stereocenters. The first-order valence-corrected chi connectivity index (χ1v) is 6.84. The molecule has 0 saturated heterocycles. The van der Waals surface area contributed by atoms with Crippen LogP contribution in [0.3, 0.4) is 0 Å². The Kier molecular flexibility index (Phi) is 3.77. The van der Waals surface area contributed by atoms with E-state index < -0.39 is 0 Å². The highest BCUT2D eigenvalue weighted by Gasteiger charge is 2.19. The van der Waals surface area contributed by atoms with E-state index in [-0.39, 0.29) is 17.8 Å². The lowest BCUT2D eigenvalue weighted by Crippen LogP contribution is -2.35. The summed E-state index contributed by atoms with van der Waals surface area (Å²) in [6.45, 7) is 0. The van der Waals surface area contributed by atoms with Crippen LogP contribution < -0.4 is 5.32 Å². The normalized spacial score (nSPS) is 18.1. The van der Waals surface area contributed by atoms with Gasteiger partial charge in [0.1, 0.15) is 5.82 Å². The monoisotopic (exact) mass is 286 g/mol. The summed E-state index contributed by atoms with van der Waals surface area (Å²) in [5, 5.41) is 12.7. The minimum Gasteiger partial charge on any atom is -0.348 e. The van der Waals surface area contributed by atoms with Crippen molar-refractivity contribution in [3.63, 3.8) is 0 Å². The van der Waals surface area contributed by atoms with Gasteiger partial charge >= 0.3 is 0 Å². The van der Waals surface area contributed by atoms with Crippen molar-refractivity contribution < 1.29 is 9.18 Å². The highest BCUT2D eigenvalue weighted by Crippen LogP contribution is 2.27. The molecule has 21 heavy (non-hydrogen) atoms. The summed E-state index contributed by atoms with van der Waals surface area (Å²) in [7, 11) is 0. The molecule has 0 radical (unpaired) electrons. The number of hydrogen-bond acceptors (Lipinski definition) is 3. The van der Waals surface area contributed by atoms with Gasteiger partial charge in [-0.2, -0.15) is 15.4 Å². The summed E-state index contributed by atoms with van der Waals surface area (Å²) in [5.41, 5.74) is 2.53. The molecule has 108 valence electrons. The van der Waals surface area contributed by atoms with Gasteiger partial charge in [0.25, 0.3) is 5.91 Å². The molecule has 6 heteroatoms. The lowest BCUT2D eigenvalue weighted by molar-refractivity contribution is 0.0930. The van der Waals surface area contributed by atoms with Crippen LogP contribution in [0.15, 0.2) is 36.5 Å². The molecular weight excluding hydrogens is 271 g/mol. The van der Waals surface area contributed by atoms with Gasteiger partial charge in [-0.3, -0.25) is 4.79 Å². The zero-order valence-electron chi connectivity index (χ0n) is 11.3. The maximum absolute atomic E-state index is 12.9. The Balaban J connectivity index is 1.61. The van der Waals surface area contributed by atoms with Crippen molar-refractivity contribution in [3.05, 3.63) is 53.6 Å². The van der Waals surface area contributed by atoms with E-state index in [1.807, 2.05) is 0 Å². The number of halogens is 1. The second-order valence-corrected chi connectivity index (χ2v) is 5.04. The van der Waals surface area contributed by atoms with Gasteiger partial charge in [0.2, 0.25) is 0 Å². The second-order valence-electron chi connectivity index (χ2n) is 5.04. The Morgan fingerprint density at radius 3 is 2.76 bits per heavy atom. The highest BCUT2D eigenvalue weighted by atomic mass is 19.1. The maximum Gasteiger partial charge on any atom is 0.273 e. The van der Waals surface area contributed by atoms with Crippen molar-refractivity contribution in [3.8, 4) is 0 Å². The van der Waals surface area contributed by atoms with Crippen LogP contribution in [0.4, 0.5) is 4.39 Å². The number of nitrogens with one attached hydrogen (secondary N) is 2. The Labute approximate surface area is 121 Å². The van der Waals surface area contributed by atoms with Gasteiger partial charge in [0, 0.05) is 6.04 Å². The summed E-state index contributed by atoms with van der Waals surface area (Å²) in [4.78, 5) is 11.9. The van der Waals surface area contributed by atoms with E-state index in [0.29, 0.717) is 5.69 Å².